The van der Waals surface area contributed by atoms with E-state index in [2.05, 4.69) is 10.4 Å². The number of anilines is 1. The summed E-state index contributed by atoms with van der Waals surface area (Å²) in [6, 6.07) is 16.1. The van der Waals surface area contributed by atoms with Crippen LogP contribution in [0.15, 0.2) is 60.7 Å². The van der Waals surface area contributed by atoms with Gasteiger partial charge in [-0.1, -0.05) is 39.0 Å². The van der Waals surface area contributed by atoms with Gasteiger partial charge in [0.15, 0.2) is 6.61 Å². The second kappa shape index (κ2) is 8.26. The summed E-state index contributed by atoms with van der Waals surface area (Å²) in [6.45, 7) is 5.61. The van der Waals surface area contributed by atoms with E-state index in [1.807, 2.05) is 51.1 Å². The molecular weight excluding hydrogens is 373 g/mol. The number of hydrogen-bond donors (Lipinski definition) is 1. The van der Waals surface area contributed by atoms with Gasteiger partial charge >= 0.3 is 5.97 Å². The number of ether oxygens (including phenoxy) is 1. The summed E-state index contributed by atoms with van der Waals surface area (Å²) in [5.41, 5.74) is 1.55. The monoisotopic (exact) mass is 395 g/mol. The van der Waals surface area contributed by atoms with E-state index in [1.54, 1.807) is 10.7 Å². The number of halogens is 1. The molecule has 6 nitrogen and oxygen atoms in total. The van der Waals surface area contributed by atoms with Crippen LogP contribution >= 0.6 is 0 Å². The SMILES string of the molecule is CC(C)(C)c1cc(NC(=O)COC(=O)c2ccc(F)cc2)n(-c2ccccc2)n1. The summed E-state index contributed by atoms with van der Waals surface area (Å²) in [5, 5.41) is 7.36. The van der Waals surface area contributed by atoms with Crippen molar-refractivity contribution in [2.75, 3.05) is 11.9 Å². The minimum atomic E-state index is -0.702. The summed E-state index contributed by atoms with van der Waals surface area (Å²) in [4.78, 5) is 24.4. The van der Waals surface area contributed by atoms with Gasteiger partial charge in [0, 0.05) is 11.5 Å². The lowest BCUT2D eigenvalue weighted by Crippen LogP contribution is -2.22. The van der Waals surface area contributed by atoms with Crippen molar-refractivity contribution in [3.05, 3.63) is 77.7 Å². The van der Waals surface area contributed by atoms with E-state index in [1.165, 1.54) is 12.1 Å². The fourth-order valence-corrected chi connectivity index (χ4v) is 2.58. The minimum absolute atomic E-state index is 0.170. The maximum Gasteiger partial charge on any atom is 0.338 e. The van der Waals surface area contributed by atoms with Crippen molar-refractivity contribution >= 4 is 17.7 Å². The number of carbonyl (C=O) groups is 2. The number of benzene rings is 2. The Morgan fingerprint density at radius 2 is 1.72 bits per heavy atom. The first-order chi connectivity index (χ1) is 13.7. The largest absolute Gasteiger partial charge is 0.452 e. The fraction of sp³-hybridized carbons (Fsp3) is 0.227. The van der Waals surface area contributed by atoms with E-state index in [9.17, 15) is 14.0 Å². The maximum atomic E-state index is 12.9. The Morgan fingerprint density at radius 1 is 1.07 bits per heavy atom. The predicted molar refractivity (Wildman–Crippen MR) is 108 cm³/mol. The molecule has 0 aliphatic carbocycles. The third-order valence-corrected chi connectivity index (χ3v) is 4.16. The molecule has 3 rings (SSSR count). The molecule has 0 aliphatic rings. The van der Waals surface area contributed by atoms with Crippen LogP contribution in [0.3, 0.4) is 0 Å². The Labute approximate surface area is 168 Å². The summed E-state index contributed by atoms with van der Waals surface area (Å²) < 4.78 is 19.6. The maximum absolute atomic E-state index is 12.9. The van der Waals surface area contributed by atoms with E-state index >= 15 is 0 Å². The lowest BCUT2D eigenvalue weighted by atomic mass is 9.92. The highest BCUT2D eigenvalue weighted by Crippen LogP contribution is 2.26. The van der Waals surface area contributed by atoms with Gasteiger partial charge in [-0.15, -0.1) is 0 Å². The van der Waals surface area contributed by atoms with Gasteiger partial charge in [-0.2, -0.15) is 5.10 Å². The smallest absolute Gasteiger partial charge is 0.338 e. The minimum Gasteiger partial charge on any atom is -0.452 e. The number of para-hydroxylation sites is 1. The van der Waals surface area contributed by atoms with Crippen LogP contribution in [0.5, 0.6) is 0 Å². The first-order valence-electron chi connectivity index (χ1n) is 9.12. The zero-order chi connectivity index (χ0) is 21.0. The summed E-state index contributed by atoms with van der Waals surface area (Å²) in [5.74, 6) is -1.18. The average molecular weight is 395 g/mol. The molecule has 0 bridgehead atoms. The Bertz CT molecular complexity index is 1010. The molecule has 0 spiro atoms. The van der Waals surface area contributed by atoms with Crippen molar-refractivity contribution in [3.8, 4) is 5.69 Å². The van der Waals surface area contributed by atoms with Crippen molar-refractivity contribution in [2.24, 2.45) is 0 Å². The quantitative estimate of drug-likeness (QED) is 0.660. The van der Waals surface area contributed by atoms with Crippen molar-refractivity contribution in [1.29, 1.82) is 0 Å². The first-order valence-corrected chi connectivity index (χ1v) is 9.12. The molecule has 0 saturated carbocycles. The number of rotatable bonds is 5. The Balaban J connectivity index is 1.73. The van der Waals surface area contributed by atoms with Gasteiger partial charge in [0.05, 0.1) is 16.9 Å². The molecule has 0 fully saturated rings. The highest BCUT2D eigenvalue weighted by Gasteiger charge is 2.22. The van der Waals surface area contributed by atoms with E-state index in [0.717, 1.165) is 23.5 Å². The van der Waals surface area contributed by atoms with E-state index in [0.29, 0.717) is 5.82 Å². The van der Waals surface area contributed by atoms with E-state index < -0.39 is 24.3 Å². The molecule has 1 heterocycles. The number of amides is 1. The van der Waals surface area contributed by atoms with Crippen LogP contribution in [-0.4, -0.2) is 28.3 Å². The third-order valence-electron chi connectivity index (χ3n) is 4.16. The van der Waals surface area contributed by atoms with Crippen LogP contribution in [0.4, 0.5) is 10.2 Å². The Kier molecular flexibility index (Phi) is 5.77. The summed E-state index contributed by atoms with van der Waals surface area (Å²) in [6.07, 6.45) is 0. The molecule has 29 heavy (non-hydrogen) atoms. The highest BCUT2D eigenvalue weighted by molar-refractivity contribution is 5.95. The zero-order valence-electron chi connectivity index (χ0n) is 16.5. The van der Waals surface area contributed by atoms with Crippen LogP contribution in [0.25, 0.3) is 5.69 Å². The normalized spacial score (nSPS) is 11.2. The number of nitrogens with one attached hydrogen (secondary N) is 1. The number of aromatic nitrogens is 2. The molecule has 0 aliphatic heterocycles. The van der Waals surface area contributed by atoms with Crippen molar-refractivity contribution in [2.45, 2.75) is 26.2 Å². The molecule has 7 heteroatoms. The molecule has 0 unspecified atom stereocenters. The van der Waals surface area contributed by atoms with Crippen LogP contribution in [-0.2, 0) is 14.9 Å². The van der Waals surface area contributed by atoms with Crippen molar-refractivity contribution in [1.82, 2.24) is 9.78 Å². The summed E-state index contributed by atoms with van der Waals surface area (Å²) in [7, 11) is 0. The van der Waals surface area contributed by atoms with Crippen molar-refractivity contribution in [3.63, 3.8) is 0 Å². The van der Waals surface area contributed by atoms with Gasteiger partial charge in [0.1, 0.15) is 11.6 Å². The molecule has 1 N–H and O–H groups in total. The molecule has 0 radical (unpaired) electrons. The molecule has 1 aromatic heterocycles. The van der Waals surface area contributed by atoms with E-state index in [4.69, 9.17) is 4.74 Å². The first kappa shape index (κ1) is 20.3. The predicted octanol–water partition coefficient (Wildman–Crippen LogP) is 4.10. The molecular formula is C22H22FN3O3. The summed E-state index contributed by atoms with van der Waals surface area (Å²) >= 11 is 0. The van der Waals surface area contributed by atoms with Gasteiger partial charge in [-0.05, 0) is 36.4 Å². The topological polar surface area (TPSA) is 73.2 Å². The lowest BCUT2D eigenvalue weighted by Gasteiger charge is -2.14. The second-order valence-corrected chi connectivity index (χ2v) is 7.54. The van der Waals surface area contributed by atoms with Gasteiger partial charge < -0.3 is 10.1 Å². The molecule has 0 atom stereocenters. The molecule has 1 amide bonds. The third kappa shape index (κ3) is 5.07. The van der Waals surface area contributed by atoms with Crippen molar-refractivity contribution < 1.29 is 18.7 Å². The van der Waals surface area contributed by atoms with Gasteiger partial charge in [-0.25, -0.2) is 13.9 Å². The molecule has 0 saturated heterocycles. The van der Waals surface area contributed by atoms with Crippen LogP contribution in [0, 0.1) is 5.82 Å². The van der Waals surface area contributed by atoms with E-state index in [-0.39, 0.29) is 11.0 Å². The highest BCUT2D eigenvalue weighted by atomic mass is 19.1. The Hall–Kier alpha value is -3.48. The lowest BCUT2D eigenvalue weighted by molar-refractivity contribution is -0.119. The molecule has 3 aromatic rings. The number of carbonyl (C=O) groups excluding carboxylic acids is 2. The molecule has 150 valence electrons. The van der Waals surface area contributed by atoms with Crippen LogP contribution < -0.4 is 5.32 Å². The van der Waals surface area contributed by atoms with Crippen LogP contribution in [0.1, 0.15) is 36.8 Å². The van der Waals surface area contributed by atoms with Crippen LogP contribution in [0.2, 0.25) is 0 Å². The number of hydrogen-bond acceptors (Lipinski definition) is 4. The van der Waals surface area contributed by atoms with Gasteiger partial charge in [0.2, 0.25) is 0 Å². The fourth-order valence-electron chi connectivity index (χ4n) is 2.58. The standard InChI is InChI=1S/C22H22FN3O3/c1-22(2,3)18-13-19(26(25-18)17-7-5-4-6-8-17)24-20(27)14-29-21(28)15-9-11-16(23)12-10-15/h4-13H,14H2,1-3H3,(H,24,27). The second-order valence-electron chi connectivity index (χ2n) is 7.54. The number of esters is 1. The zero-order valence-corrected chi connectivity index (χ0v) is 16.5. The average Bonchev–Trinajstić information content (AvgIpc) is 3.11. The molecule has 2 aromatic carbocycles. The van der Waals surface area contributed by atoms with Gasteiger partial charge in [0.25, 0.3) is 5.91 Å². The Morgan fingerprint density at radius 3 is 2.34 bits per heavy atom. The van der Waals surface area contributed by atoms with Gasteiger partial charge in [-0.3, -0.25) is 4.79 Å². The number of nitrogens with zero attached hydrogens (tertiary/aromatic N) is 2.